The summed E-state index contributed by atoms with van der Waals surface area (Å²) in [4.78, 5) is 21.0. The molecule has 0 bridgehead atoms. The Kier molecular flexibility index (Phi) is 4.47. The van der Waals surface area contributed by atoms with Crippen molar-refractivity contribution in [1.29, 1.82) is 0 Å². The van der Waals surface area contributed by atoms with Gasteiger partial charge in [-0.05, 0) is 32.4 Å². The van der Waals surface area contributed by atoms with Crippen molar-refractivity contribution in [3.63, 3.8) is 0 Å². The third kappa shape index (κ3) is 3.32. The molecule has 0 spiro atoms. The molecule has 6 heteroatoms. The van der Waals surface area contributed by atoms with E-state index in [4.69, 9.17) is 4.74 Å². The number of pyridine rings is 1. The Morgan fingerprint density at radius 3 is 3.00 bits per heavy atom. The SMILES string of the molecule is C[C@@H]1CN(C(=O)N[C@H]2CCN(c3ccccn3)C2)[C@@H](C)CO1. The Labute approximate surface area is 131 Å². The molecule has 0 saturated carbocycles. The zero-order valence-corrected chi connectivity index (χ0v) is 13.2. The van der Waals surface area contributed by atoms with Crippen LogP contribution in [0.2, 0.25) is 0 Å². The Balaban J connectivity index is 1.54. The molecular formula is C16H24N4O2. The van der Waals surface area contributed by atoms with Gasteiger partial charge in [-0.1, -0.05) is 6.07 Å². The summed E-state index contributed by atoms with van der Waals surface area (Å²) in [5, 5.41) is 3.16. The molecule has 0 aromatic carbocycles. The molecule has 120 valence electrons. The molecule has 0 radical (unpaired) electrons. The number of nitrogens with zero attached hydrogens (tertiary/aromatic N) is 3. The van der Waals surface area contributed by atoms with Crippen molar-refractivity contribution in [1.82, 2.24) is 15.2 Å². The van der Waals surface area contributed by atoms with E-state index in [2.05, 4.69) is 15.2 Å². The molecule has 0 aliphatic carbocycles. The van der Waals surface area contributed by atoms with Gasteiger partial charge in [0.25, 0.3) is 0 Å². The number of aromatic nitrogens is 1. The molecule has 1 aromatic rings. The van der Waals surface area contributed by atoms with Crippen molar-refractivity contribution in [2.75, 3.05) is 31.1 Å². The minimum Gasteiger partial charge on any atom is -0.375 e. The fourth-order valence-corrected chi connectivity index (χ4v) is 3.07. The molecular weight excluding hydrogens is 280 g/mol. The largest absolute Gasteiger partial charge is 0.375 e. The summed E-state index contributed by atoms with van der Waals surface area (Å²) in [6, 6.07) is 6.25. The summed E-state index contributed by atoms with van der Waals surface area (Å²) in [6.45, 7) is 7.04. The molecule has 22 heavy (non-hydrogen) atoms. The molecule has 2 fully saturated rings. The van der Waals surface area contributed by atoms with Gasteiger partial charge in [0.15, 0.2) is 0 Å². The van der Waals surface area contributed by atoms with Crippen molar-refractivity contribution in [3.05, 3.63) is 24.4 Å². The van der Waals surface area contributed by atoms with Gasteiger partial charge in [0.2, 0.25) is 0 Å². The molecule has 3 rings (SSSR count). The van der Waals surface area contributed by atoms with Crippen molar-refractivity contribution in [2.45, 2.75) is 38.5 Å². The van der Waals surface area contributed by atoms with Crippen LogP contribution in [0, 0.1) is 0 Å². The van der Waals surface area contributed by atoms with Gasteiger partial charge in [-0.25, -0.2) is 9.78 Å². The summed E-state index contributed by atoms with van der Waals surface area (Å²) in [7, 11) is 0. The number of carbonyl (C=O) groups excluding carboxylic acids is 1. The topological polar surface area (TPSA) is 57.7 Å². The highest BCUT2D eigenvalue weighted by molar-refractivity contribution is 5.75. The third-order valence-corrected chi connectivity index (χ3v) is 4.36. The quantitative estimate of drug-likeness (QED) is 0.899. The highest BCUT2D eigenvalue weighted by atomic mass is 16.5. The van der Waals surface area contributed by atoms with Crippen LogP contribution in [0.25, 0.3) is 0 Å². The molecule has 3 heterocycles. The second-order valence-corrected chi connectivity index (χ2v) is 6.21. The number of nitrogens with one attached hydrogen (secondary N) is 1. The normalized spacial score (nSPS) is 28.7. The molecule has 2 saturated heterocycles. The van der Waals surface area contributed by atoms with E-state index in [0.29, 0.717) is 13.2 Å². The fraction of sp³-hybridized carbons (Fsp3) is 0.625. The number of hydrogen-bond donors (Lipinski definition) is 1. The maximum atomic E-state index is 12.5. The highest BCUT2D eigenvalue weighted by Gasteiger charge is 2.31. The first-order valence-electron chi connectivity index (χ1n) is 7.98. The van der Waals surface area contributed by atoms with Crippen LogP contribution in [0.1, 0.15) is 20.3 Å². The Bertz CT molecular complexity index is 510. The summed E-state index contributed by atoms with van der Waals surface area (Å²) in [5.41, 5.74) is 0. The first kappa shape index (κ1) is 15.1. The fourth-order valence-electron chi connectivity index (χ4n) is 3.07. The minimum atomic E-state index is 0.0236. The van der Waals surface area contributed by atoms with Gasteiger partial charge in [0.1, 0.15) is 5.82 Å². The molecule has 1 N–H and O–H groups in total. The van der Waals surface area contributed by atoms with E-state index in [1.165, 1.54) is 0 Å². The van der Waals surface area contributed by atoms with E-state index in [0.717, 1.165) is 25.3 Å². The Hall–Kier alpha value is -1.82. The number of carbonyl (C=O) groups is 1. The van der Waals surface area contributed by atoms with Crippen LogP contribution in [0.4, 0.5) is 10.6 Å². The standard InChI is InChI=1S/C16H24N4O2/c1-12-11-22-13(2)9-20(12)16(21)18-14-6-8-19(10-14)15-5-3-4-7-17-15/h3-5,7,12-14H,6,8-11H2,1-2H3,(H,18,21)/t12-,13+,14-/m0/s1. The number of morpholine rings is 1. The summed E-state index contributed by atoms with van der Waals surface area (Å²) < 4.78 is 5.58. The van der Waals surface area contributed by atoms with E-state index in [1.807, 2.05) is 36.9 Å². The second kappa shape index (κ2) is 6.52. The average molecular weight is 304 g/mol. The van der Waals surface area contributed by atoms with E-state index < -0.39 is 0 Å². The zero-order chi connectivity index (χ0) is 15.5. The number of amides is 2. The van der Waals surface area contributed by atoms with Crippen LogP contribution in [0.5, 0.6) is 0 Å². The maximum absolute atomic E-state index is 12.5. The van der Waals surface area contributed by atoms with E-state index >= 15 is 0 Å². The lowest BCUT2D eigenvalue weighted by molar-refractivity contribution is -0.0320. The van der Waals surface area contributed by atoms with Crippen molar-refractivity contribution < 1.29 is 9.53 Å². The molecule has 0 unspecified atom stereocenters. The van der Waals surface area contributed by atoms with Gasteiger partial charge in [0.05, 0.1) is 18.8 Å². The van der Waals surface area contributed by atoms with Crippen molar-refractivity contribution >= 4 is 11.8 Å². The van der Waals surface area contributed by atoms with Gasteiger partial charge in [0, 0.05) is 31.9 Å². The molecule has 1 aromatic heterocycles. The minimum absolute atomic E-state index is 0.0236. The number of urea groups is 1. The number of anilines is 1. The van der Waals surface area contributed by atoms with E-state index in [-0.39, 0.29) is 24.2 Å². The van der Waals surface area contributed by atoms with E-state index in [1.54, 1.807) is 6.20 Å². The molecule has 3 atom stereocenters. The maximum Gasteiger partial charge on any atom is 0.318 e. The van der Waals surface area contributed by atoms with Crippen LogP contribution >= 0.6 is 0 Å². The monoisotopic (exact) mass is 304 g/mol. The average Bonchev–Trinajstić information content (AvgIpc) is 2.99. The number of ether oxygens (including phenoxy) is 1. The smallest absolute Gasteiger partial charge is 0.318 e. The van der Waals surface area contributed by atoms with Crippen LogP contribution in [-0.2, 0) is 4.74 Å². The summed E-state index contributed by atoms with van der Waals surface area (Å²) in [6.07, 6.45) is 2.87. The van der Waals surface area contributed by atoms with E-state index in [9.17, 15) is 4.79 Å². The van der Waals surface area contributed by atoms with Gasteiger partial charge < -0.3 is 19.9 Å². The lowest BCUT2D eigenvalue weighted by atomic mass is 10.2. The highest BCUT2D eigenvalue weighted by Crippen LogP contribution is 2.18. The lowest BCUT2D eigenvalue weighted by Crippen LogP contribution is -2.55. The first-order chi connectivity index (χ1) is 10.6. The van der Waals surface area contributed by atoms with Gasteiger partial charge in [-0.15, -0.1) is 0 Å². The molecule has 2 aliphatic rings. The summed E-state index contributed by atoms with van der Waals surface area (Å²) >= 11 is 0. The Morgan fingerprint density at radius 2 is 2.23 bits per heavy atom. The molecule has 6 nitrogen and oxygen atoms in total. The van der Waals surface area contributed by atoms with Crippen LogP contribution in [0.3, 0.4) is 0 Å². The Morgan fingerprint density at radius 1 is 1.36 bits per heavy atom. The van der Waals surface area contributed by atoms with Crippen LogP contribution in [-0.4, -0.2) is 60.3 Å². The lowest BCUT2D eigenvalue weighted by Gasteiger charge is -2.37. The van der Waals surface area contributed by atoms with Gasteiger partial charge in [-0.3, -0.25) is 0 Å². The summed E-state index contributed by atoms with van der Waals surface area (Å²) in [5.74, 6) is 0.979. The van der Waals surface area contributed by atoms with Crippen molar-refractivity contribution in [2.24, 2.45) is 0 Å². The van der Waals surface area contributed by atoms with Crippen molar-refractivity contribution in [3.8, 4) is 0 Å². The van der Waals surface area contributed by atoms with Crippen LogP contribution in [0.15, 0.2) is 24.4 Å². The zero-order valence-electron chi connectivity index (χ0n) is 13.2. The third-order valence-electron chi connectivity index (χ3n) is 4.36. The van der Waals surface area contributed by atoms with Gasteiger partial charge in [-0.2, -0.15) is 0 Å². The van der Waals surface area contributed by atoms with Gasteiger partial charge >= 0.3 is 6.03 Å². The first-order valence-corrected chi connectivity index (χ1v) is 7.98. The van der Waals surface area contributed by atoms with Crippen LogP contribution < -0.4 is 10.2 Å². The predicted octanol–water partition coefficient (Wildman–Crippen LogP) is 1.48. The second-order valence-electron chi connectivity index (χ2n) is 6.21. The predicted molar refractivity (Wildman–Crippen MR) is 85.0 cm³/mol. The number of hydrogen-bond acceptors (Lipinski definition) is 4. The molecule has 2 aliphatic heterocycles. The number of rotatable bonds is 2. The molecule has 2 amide bonds.